The monoisotopic (exact) mass is 216 g/mol. The van der Waals surface area contributed by atoms with Crippen molar-refractivity contribution in [2.75, 3.05) is 0 Å². The smallest absolute Gasteiger partial charge is 0.0559 e. The first kappa shape index (κ1) is 10.9. The van der Waals surface area contributed by atoms with Crippen LogP contribution in [0.15, 0.2) is 18.2 Å². The van der Waals surface area contributed by atoms with Crippen molar-refractivity contribution in [1.29, 1.82) is 0 Å². The quantitative estimate of drug-likeness (QED) is 0.635. The van der Waals surface area contributed by atoms with Crippen molar-refractivity contribution in [2.24, 2.45) is 0 Å². The van der Waals surface area contributed by atoms with Gasteiger partial charge < -0.3 is 0 Å². The van der Waals surface area contributed by atoms with Gasteiger partial charge in [0.05, 0.1) is 10.8 Å². The third-order valence-electron chi connectivity index (χ3n) is 2.19. The van der Waals surface area contributed by atoms with E-state index in [0.29, 0.717) is 0 Å². The predicted octanol–water partition coefficient (Wildman–Crippen LogP) is 4.59. The van der Waals surface area contributed by atoms with Crippen molar-refractivity contribution in [1.82, 2.24) is 0 Å². The van der Waals surface area contributed by atoms with Crippen molar-refractivity contribution >= 4 is 23.2 Å². The Labute approximate surface area is 89.9 Å². The summed E-state index contributed by atoms with van der Waals surface area (Å²) in [6.45, 7) is 6.01. The zero-order chi connectivity index (χ0) is 10.0. The van der Waals surface area contributed by atoms with Crippen LogP contribution in [0.5, 0.6) is 0 Å². The Hall–Kier alpha value is -0.200. The van der Waals surface area contributed by atoms with E-state index in [1.807, 2.05) is 13.8 Å². The lowest BCUT2D eigenvalue weighted by Crippen LogP contribution is -1.93. The molecule has 0 aliphatic carbocycles. The number of aryl methyl sites for hydroxylation is 1. The molecule has 13 heavy (non-hydrogen) atoms. The molecule has 1 aromatic rings. The molecule has 0 heterocycles. The van der Waals surface area contributed by atoms with Crippen LogP contribution in [0, 0.1) is 6.92 Å². The van der Waals surface area contributed by atoms with Gasteiger partial charge in [-0.3, -0.25) is 0 Å². The SMILES string of the molecule is Cc1ccc(C(C)Cl)cc1C(C)Cl. The van der Waals surface area contributed by atoms with Crippen molar-refractivity contribution in [3.63, 3.8) is 0 Å². The predicted molar refractivity (Wildman–Crippen MR) is 59.7 cm³/mol. The zero-order valence-corrected chi connectivity index (χ0v) is 9.65. The highest BCUT2D eigenvalue weighted by atomic mass is 35.5. The lowest BCUT2D eigenvalue weighted by molar-refractivity contribution is 1.02. The Bertz CT molecular complexity index is 290. The molecule has 1 aromatic carbocycles. The van der Waals surface area contributed by atoms with Gasteiger partial charge in [0.15, 0.2) is 0 Å². The molecule has 1 rings (SSSR count). The Balaban J connectivity index is 3.11. The maximum Gasteiger partial charge on any atom is 0.0559 e. The van der Waals surface area contributed by atoms with Gasteiger partial charge >= 0.3 is 0 Å². The fourth-order valence-corrected chi connectivity index (χ4v) is 1.71. The molecule has 2 atom stereocenters. The molecule has 0 amide bonds. The van der Waals surface area contributed by atoms with Gasteiger partial charge in [0.2, 0.25) is 0 Å². The summed E-state index contributed by atoms with van der Waals surface area (Å²) in [5.41, 5.74) is 3.53. The van der Waals surface area contributed by atoms with Crippen LogP contribution in [0.25, 0.3) is 0 Å². The van der Waals surface area contributed by atoms with Crippen molar-refractivity contribution in [3.8, 4) is 0 Å². The minimum Gasteiger partial charge on any atom is -0.118 e. The van der Waals surface area contributed by atoms with Crippen LogP contribution < -0.4 is 0 Å². The van der Waals surface area contributed by atoms with Crippen LogP contribution in [0.3, 0.4) is 0 Å². The van der Waals surface area contributed by atoms with Crippen molar-refractivity contribution in [3.05, 3.63) is 34.9 Å². The number of alkyl halides is 2. The van der Waals surface area contributed by atoms with Crippen LogP contribution in [0.1, 0.15) is 41.3 Å². The highest BCUT2D eigenvalue weighted by Gasteiger charge is 2.08. The molecule has 0 saturated carbocycles. The normalized spacial score (nSPS) is 15.5. The summed E-state index contributed by atoms with van der Waals surface area (Å²) >= 11 is 12.0. The van der Waals surface area contributed by atoms with E-state index in [2.05, 4.69) is 25.1 Å². The molecule has 0 saturated heterocycles. The highest BCUT2D eigenvalue weighted by Crippen LogP contribution is 2.28. The van der Waals surface area contributed by atoms with Gasteiger partial charge in [-0.2, -0.15) is 0 Å². The summed E-state index contributed by atoms with van der Waals surface area (Å²) in [6, 6.07) is 6.21. The minimum absolute atomic E-state index is 0.0507. The molecule has 0 nitrogen and oxygen atoms in total. The maximum atomic E-state index is 6.04. The van der Waals surface area contributed by atoms with E-state index in [-0.39, 0.29) is 10.8 Å². The third kappa shape index (κ3) is 2.62. The molecule has 0 radical (unpaired) electrons. The summed E-state index contributed by atoms with van der Waals surface area (Å²) in [7, 11) is 0. The standard InChI is InChI=1S/C11H14Cl2/c1-7-4-5-10(8(2)12)6-11(7)9(3)13/h4-6,8-9H,1-3H3. The van der Waals surface area contributed by atoms with E-state index in [4.69, 9.17) is 23.2 Å². The molecular weight excluding hydrogens is 203 g/mol. The number of benzene rings is 1. The van der Waals surface area contributed by atoms with Crippen LogP contribution >= 0.6 is 23.2 Å². The molecule has 72 valence electrons. The number of hydrogen-bond acceptors (Lipinski definition) is 0. The topological polar surface area (TPSA) is 0 Å². The lowest BCUT2D eigenvalue weighted by Gasteiger charge is -2.11. The fraction of sp³-hybridized carbons (Fsp3) is 0.455. The zero-order valence-electron chi connectivity index (χ0n) is 8.14. The summed E-state index contributed by atoms with van der Waals surface area (Å²) in [5.74, 6) is 0. The van der Waals surface area contributed by atoms with Gasteiger partial charge in [0.25, 0.3) is 0 Å². The van der Waals surface area contributed by atoms with Gasteiger partial charge in [0.1, 0.15) is 0 Å². The van der Waals surface area contributed by atoms with Gasteiger partial charge in [-0.15, -0.1) is 23.2 Å². The highest BCUT2D eigenvalue weighted by molar-refractivity contribution is 6.21. The molecule has 2 unspecified atom stereocenters. The molecule has 0 aromatic heterocycles. The summed E-state index contributed by atoms with van der Waals surface area (Å²) in [6.07, 6.45) is 0. The molecule has 0 fully saturated rings. The first-order valence-corrected chi connectivity index (χ1v) is 5.28. The lowest BCUT2D eigenvalue weighted by atomic mass is 10.0. The molecular formula is C11H14Cl2. The van der Waals surface area contributed by atoms with Gasteiger partial charge in [-0.05, 0) is 37.5 Å². The van der Waals surface area contributed by atoms with Crippen LogP contribution in [-0.2, 0) is 0 Å². The van der Waals surface area contributed by atoms with E-state index in [1.165, 1.54) is 11.1 Å². The summed E-state index contributed by atoms with van der Waals surface area (Å²) in [4.78, 5) is 0. The minimum atomic E-state index is 0.0507. The summed E-state index contributed by atoms with van der Waals surface area (Å²) < 4.78 is 0. The average molecular weight is 217 g/mol. The average Bonchev–Trinajstić information content (AvgIpc) is 2.04. The second-order valence-electron chi connectivity index (χ2n) is 3.35. The second kappa shape index (κ2) is 4.34. The number of rotatable bonds is 2. The van der Waals surface area contributed by atoms with Gasteiger partial charge in [0, 0.05) is 0 Å². The van der Waals surface area contributed by atoms with Crippen LogP contribution in [0.4, 0.5) is 0 Å². The second-order valence-corrected chi connectivity index (χ2v) is 4.66. The Kier molecular flexibility index (Phi) is 3.63. The van der Waals surface area contributed by atoms with E-state index < -0.39 is 0 Å². The molecule has 0 bridgehead atoms. The number of hydrogen-bond donors (Lipinski definition) is 0. The van der Waals surface area contributed by atoms with E-state index in [0.717, 1.165) is 5.56 Å². The van der Waals surface area contributed by atoms with Crippen molar-refractivity contribution < 1.29 is 0 Å². The van der Waals surface area contributed by atoms with Gasteiger partial charge in [-0.1, -0.05) is 18.2 Å². The molecule has 0 spiro atoms. The van der Waals surface area contributed by atoms with E-state index in [9.17, 15) is 0 Å². The summed E-state index contributed by atoms with van der Waals surface area (Å²) in [5, 5.41) is 0.102. The largest absolute Gasteiger partial charge is 0.118 e. The van der Waals surface area contributed by atoms with Crippen molar-refractivity contribution in [2.45, 2.75) is 31.5 Å². The van der Waals surface area contributed by atoms with Crippen LogP contribution in [-0.4, -0.2) is 0 Å². The van der Waals surface area contributed by atoms with E-state index >= 15 is 0 Å². The number of halogens is 2. The van der Waals surface area contributed by atoms with Crippen LogP contribution in [0.2, 0.25) is 0 Å². The molecule has 2 heteroatoms. The fourth-order valence-electron chi connectivity index (χ4n) is 1.33. The Morgan fingerprint density at radius 3 is 2.15 bits per heavy atom. The van der Waals surface area contributed by atoms with Gasteiger partial charge in [-0.25, -0.2) is 0 Å². The Morgan fingerprint density at radius 2 is 1.69 bits per heavy atom. The van der Waals surface area contributed by atoms with E-state index in [1.54, 1.807) is 0 Å². The molecule has 0 N–H and O–H groups in total. The first-order valence-electron chi connectivity index (χ1n) is 4.41. The third-order valence-corrected chi connectivity index (χ3v) is 2.68. The first-order chi connectivity index (χ1) is 6.02. The Morgan fingerprint density at radius 1 is 1.08 bits per heavy atom. The molecule has 0 aliphatic heterocycles. The molecule has 0 aliphatic rings. The maximum absolute atomic E-state index is 6.04.